The first kappa shape index (κ1) is 14.5. The molecule has 0 bridgehead atoms. The average molecular weight is 342 g/mol. The summed E-state index contributed by atoms with van der Waals surface area (Å²) in [7, 11) is -6.91. The second kappa shape index (κ2) is 5.36. The molecule has 0 atom stereocenters. The molecule has 0 radical (unpaired) electrons. The van der Waals surface area contributed by atoms with Crippen LogP contribution in [0.3, 0.4) is 0 Å². The molecule has 0 fully saturated rings. The molecule has 8 heteroatoms. The van der Waals surface area contributed by atoms with Crippen LogP contribution in [0.25, 0.3) is 0 Å². The molecule has 0 aliphatic carbocycles. The summed E-state index contributed by atoms with van der Waals surface area (Å²) in [5, 5.41) is 0. The van der Waals surface area contributed by atoms with Crippen molar-refractivity contribution in [3.63, 3.8) is 0 Å². The normalized spacial score (nSPS) is 12.4. The first-order chi connectivity index (χ1) is 7.68. The lowest BCUT2D eigenvalue weighted by Crippen LogP contribution is -2.22. The Hall–Kier alpha value is -0.600. The van der Waals surface area contributed by atoms with E-state index in [2.05, 4.69) is 20.7 Å². The van der Waals surface area contributed by atoms with Crippen molar-refractivity contribution in [1.82, 2.24) is 0 Å². The van der Waals surface area contributed by atoms with E-state index >= 15 is 0 Å². The molecule has 1 aromatic rings. The molecule has 0 aromatic heterocycles. The lowest BCUT2D eigenvalue weighted by molar-refractivity contribution is 0.593. The lowest BCUT2D eigenvalue weighted by Gasteiger charge is -2.07. The summed E-state index contributed by atoms with van der Waals surface area (Å²) in [6.45, 7) is 0. The highest BCUT2D eigenvalue weighted by Crippen LogP contribution is 2.15. The van der Waals surface area contributed by atoms with Gasteiger partial charge in [-0.25, -0.2) is 16.8 Å². The first-order valence-corrected chi connectivity index (χ1v) is 9.12. The number of hydrogen-bond acceptors (Lipinski definition) is 4. The number of anilines is 1. The lowest BCUT2D eigenvalue weighted by atomic mass is 10.3. The van der Waals surface area contributed by atoms with Crippen LogP contribution in [-0.2, 0) is 19.9 Å². The Morgan fingerprint density at radius 3 is 2.06 bits per heavy atom. The fourth-order valence-electron chi connectivity index (χ4n) is 1.01. The Labute approximate surface area is 109 Å². The van der Waals surface area contributed by atoms with Gasteiger partial charge in [0.2, 0.25) is 10.0 Å². The van der Waals surface area contributed by atoms with Gasteiger partial charge in [-0.1, -0.05) is 15.9 Å². The maximum atomic E-state index is 11.5. The smallest absolute Gasteiger partial charge is 0.233 e. The van der Waals surface area contributed by atoms with Crippen LogP contribution in [0.2, 0.25) is 0 Å². The molecule has 5 nitrogen and oxygen atoms in total. The van der Waals surface area contributed by atoms with Gasteiger partial charge in [0.05, 0.1) is 11.5 Å². The molecule has 96 valence electrons. The Kier molecular flexibility index (Phi) is 4.56. The van der Waals surface area contributed by atoms with E-state index in [0.717, 1.165) is 10.7 Å². The van der Waals surface area contributed by atoms with E-state index in [0.29, 0.717) is 5.69 Å². The quantitative estimate of drug-likeness (QED) is 0.873. The standard InChI is InChI=1S/C9H12BrNO4S2/c1-16(12,13)6-7-17(14,15)11-9-4-2-8(10)3-5-9/h2-5,11H,6-7H2,1H3. The number of halogens is 1. The third-order valence-corrected chi connectivity index (χ3v) is 4.86. The van der Waals surface area contributed by atoms with Crippen LogP contribution in [0.15, 0.2) is 28.7 Å². The van der Waals surface area contributed by atoms with Crippen molar-refractivity contribution < 1.29 is 16.8 Å². The van der Waals surface area contributed by atoms with Gasteiger partial charge in [0.25, 0.3) is 0 Å². The minimum absolute atomic E-state index is 0.390. The Morgan fingerprint density at radius 2 is 1.59 bits per heavy atom. The van der Waals surface area contributed by atoms with Crippen molar-refractivity contribution in [1.29, 1.82) is 0 Å². The maximum absolute atomic E-state index is 11.5. The van der Waals surface area contributed by atoms with Crippen LogP contribution >= 0.6 is 15.9 Å². The van der Waals surface area contributed by atoms with E-state index in [1.54, 1.807) is 24.3 Å². The zero-order valence-electron chi connectivity index (χ0n) is 9.05. The summed E-state index contributed by atoms with van der Waals surface area (Å²) in [6.07, 6.45) is 1.00. The van der Waals surface area contributed by atoms with Gasteiger partial charge in [-0.15, -0.1) is 0 Å². The third-order valence-electron chi connectivity index (χ3n) is 1.84. The summed E-state index contributed by atoms with van der Waals surface area (Å²) in [5.41, 5.74) is 0.404. The van der Waals surface area contributed by atoms with E-state index in [1.165, 1.54) is 0 Å². The number of sulfone groups is 1. The van der Waals surface area contributed by atoms with E-state index in [4.69, 9.17) is 0 Å². The van der Waals surface area contributed by atoms with Crippen LogP contribution in [0, 0.1) is 0 Å². The van der Waals surface area contributed by atoms with Crippen LogP contribution in [0.1, 0.15) is 0 Å². The van der Waals surface area contributed by atoms with Gasteiger partial charge in [-0.05, 0) is 24.3 Å². The Bertz CT molecular complexity index is 578. The van der Waals surface area contributed by atoms with Crippen molar-refractivity contribution in [2.75, 3.05) is 22.5 Å². The summed E-state index contributed by atoms with van der Waals surface area (Å²) in [5.74, 6) is -0.833. The van der Waals surface area contributed by atoms with Crippen molar-refractivity contribution in [3.8, 4) is 0 Å². The van der Waals surface area contributed by atoms with Crippen LogP contribution < -0.4 is 4.72 Å². The molecule has 0 heterocycles. The molecule has 1 aromatic carbocycles. The maximum Gasteiger partial charge on any atom is 0.233 e. The monoisotopic (exact) mass is 341 g/mol. The van der Waals surface area contributed by atoms with E-state index in [1.807, 2.05) is 0 Å². The van der Waals surface area contributed by atoms with Crippen molar-refractivity contribution in [3.05, 3.63) is 28.7 Å². The number of hydrogen-bond donors (Lipinski definition) is 1. The average Bonchev–Trinajstić information content (AvgIpc) is 2.18. The van der Waals surface area contributed by atoms with E-state index in [-0.39, 0.29) is 0 Å². The SMILES string of the molecule is CS(=O)(=O)CCS(=O)(=O)Nc1ccc(Br)cc1. The molecular weight excluding hydrogens is 330 g/mol. The molecule has 17 heavy (non-hydrogen) atoms. The van der Waals surface area contributed by atoms with Crippen molar-refractivity contribution in [2.45, 2.75) is 0 Å². The minimum Gasteiger partial charge on any atom is -0.284 e. The zero-order chi connectivity index (χ0) is 13.1. The van der Waals surface area contributed by atoms with Gasteiger partial charge in [-0.3, -0.25) is 4.72 Å². The summed E-state index contributed by atoms with van der Waals surface area (Å²) in [4.78, 5) is 0. The van der Waals surface area contributed by atoms with Crippen molar-refractivity contribution in [2.24, 2.45) is 0 Å². The van der Waals surface area contributed by atoms with Gasteiger partial charge in [-0.2, -0.15) is 0 Å². The molecule has 0 aliphatic heterocycles. The molecular formula is C9H12BrNO4S2. The first-order valence-electron chi connectivity index (χ1n) is 4.62. The number of benzene rings is 1. The fourth-order valence-corrected chi connectivity index (χ4v) is 3.96. The predicted molar refractivity (Wildman–Crippen MR) is 71.3 cm³/mol. The molecule has 1 rings (SSSR count). The van der Waals surface area contributed by atoms with Crippen LogP contribution in [-0.4, -0.2) is 34.6 Å². The minimum atomic E-state index is -3.63. The highest BCUT2D eigenvalue weighted by Gasteiger charge is 2.14. The summed E-state index contributed by atoms with van der Waals surface area (Å²) >= 11 is 3.23. The van der Waals surface area contributed by atoms with E-state index < -0.39 is 31.4 Å². The number of sulfonamides is 1. The second-order valence-corrected chi connectivity index (χ2v) is 8.57. The molecule has 0 saturated heterocycles. The van der Waals surface area contributed by atoms with Gasteiger partial charge in [0.15, 0.2) is 0 Å². The molecule has 0 amide bonds. The second-order valence-electron chi connectivity index (χ2n) is 3.56. The molecule has 0 unspecified atom stereocenters. The van der Waals surface area contributed by atoms with Crippen LogP contribution in [0.5, 0.6) is 0 Å². The number of rotatable bonds is 5. The Morgan fingerprint density at radius 1 is 1.06 bits per heavy atom. The molecule has 1 N–H and O–H groups in total. The van der Waals surface area contributed by atoms with Gasteiger partial charge >= 0.3 is 0 Å². The summed E-state index contributed by atoms with van der Waals surface area (Å²) < 4.78 is 48.0. The predicted octanol–water partition coefficient (Wildman–Crippen LogP) is 1.24. The van der Waals surface area contributed by atoms with Gasteiger partial charge < -0.3 is 0 Å². The highest BCUT2D eigenvalue weighted by atomic mass is 79.9. The molecule has 0 aliphatic rings. The van der Waals surface area contributed by atoms with E-state index in [9.17, 15) is 16.8 Å². The molecule has 0 saturated carbocycles. The third kappa shape index (κ3) is 6.04. The highest BCUT2D eigenvalue weighted by molar-refractivity contribution is 9.10. The summed E-state index contributed by atoms with van der Waals surface area (Å²) in [6, 6.07) is 6.55. The zero-order valence-corrected chi connectivity index (χ0v) is 12.3. The molecule has 0 spiro atoms. The topological polar surface area (TPSA) is 80.3 Å². The van der Waals surface area contributed by atoms with Crippen molar-refractivity contribution >= 4 is 41.5 Å². The largest absolute Gasteiger partial charge is 0.284 e. The number of nitrogens with one attached hydrogen (secondary N) is 1. The van der Waals surface area contributed by atoms with Gasteiger partial charge in [0.1, 0.15) is 9.84 Å². The fraction of sp³-hybridized carbons (Fsp3) is 0.333. The van der Waals surface area contributed by atoms with Crippen LogP contribution in [0.4, 0.5) is 5.69 Å². The Balaban J connectivity index is 2.70. The van der Waals surface area contributed by atoms with Gasteiger partial charge in [0, 0.05) is 16.4 Å².